The van der Waals surface area contributed by atoms with E-state index in [9.17, 15) is 18.1 Å². The zero-order valence-electron chi connectivity index (χ0n) is 15.2. The summed E-state index contributed by atoms with van der Waals surface area (Å²) in [7, 11) is -4.01. The summed E-state index contributed by atoms with van der Waals surface area (Å²) in [6, 6.07) is 24.6. The Hall–Kier alpha value is -3.08. The van der Waals surface area contributed by atoms with Gasteiger partial charge in [-0.05, 0) is 42.0 Å². The Kier molecular flexibility index (Phi) is 6.70. The van der Waals surface area contributed by atoms with E-state index in [4.69, 9.17) is 0 Å². The van der Waals surface area contributed by atoms with Gasteiger partial charge in [-0.15, -0.1) is 11.8 Å². The zero-order valence-corrected chi connectivity index (χ0v) is 16.9. The molecule has 0 aromatic heterocycles. The van der Waals surface area contributed by atoms with Crippen molar-refractivity contribution in [1.29, 1.82) is 5.26 Å². The molecule has 0 aliphatic heterocycles. The molecule has 0 heterocycles. The molecular formula is C22H17FN2O2S2. The first-order valence-electron chi connectivity index (χ1n) is 8.64. The summed E-state index contributed by atoms with van der Waals surface area (Å²) < 4.78 is 39.3. The van der Waals surface area contributed by atoms with E-state index in [-0.39, 0.29) is 20.6 Å². The number of allylic oxidation sites excluding steroid dienone is 1. The van der Waals surface area contributed by atoms with Gasteiger partial charge in [0.05, 0.1) is 4.90 Å². The molecule has 4 nitrogen and oxygen atoms in total. The minimum atomic E-state index is -4.01. The lowest BCUT2D eigenvalue weighted by Crippen LogP contribution is -2.10. The van der Waals surface area contributed by atoms with Crippen LogP contribution in [0.4, 0.5) is 10.1 Å². The average Bonchev–Trinajstić information content (AvgIpc) is 2.75. The van der Waals surface area contributed by atoms with Crippen LogP contribution in [0, 0.1) is 17.1 Å². The van der Waals surface area contributed by atoms with Crippen molar-refractivity contribution in [3.63, 3.8) is 0 Å². The van der Waals surface area contributed by atoms with Crippen molar-refractivity contribution in [3.8, 4) is 6.07 Å². The lowest BCUT2D eigenvalue weighted by Gasteiger charge is -2.14. The number of hydrogen-bond acceptors (Lipinski definition) is 5. The van der Waals surface area contributed by atoms with Crippen LogP contribution in [-0.2, 0) is 15.6 Å². The van der Waals surface area contributed by atoms with Crippen LogP contribution in [0.3, 0.4) is 0 Å². The van der Waals surface area contributed by atoms with E-state index in [1.807, 2.05) is 24.3 Å². The zero-order chi connectivity index (χ0) is 20.7. The molecule has 0 saturated heterocycles. The molecule has 0 aliphatic rings. The molecule has 0 aliphatic carbocycles. The molecule has 0 radical (unpaired) electrons. The lowest BCUT2D eigenvalue weighted by atomic mass is 10.2. The largest absolute Gasteiger partial charge is 0.349 e. The molecule has 0 saturated carbocycles. The summed E-state index contributed by atoms with van der Waals surface area (Å²) in [6.45, 7) is 0. The highest BCUT2D eigenvalue weighted by molar-refractivity contribution is 8.04. The molecule has 0 amide bonds. The Bertz CT molecular complexity index is 1140. The number of halogens is 1. The van der Waals surface area contributed by atoms with Crippen molar-refractivity contribution in [2.45, 2.75) is 10.6 Å². The second kappa shape index (κ2) is 9.41. The van der Waals surface area contributed by atoms with E-state index < -0.39 is 9.84 Å². The van der Waals surface area contributed by atoms with Gasteiger partial charge in [0.1, 0.15) is 16.9 Å². The highest BCUT2D eigenvalue weighted by Gasteiger charge is 2.25. The Morgan fingerprint density at radius 1 is 0.931 bits per heavy atom. The van der Waals surface area contributed by atoms with E-state index in [0.717, 1.165) is 5.56 Å². The maximum absolute atomic E-state index is 13.1. The average molecular weight is 425 g/mol. The number of rotatable bonds is 7. The monoisotopic (exact) mass is 424 g/mol. The smallest absolute Gasteiger partial charge is 0.219 e. The maximum atomic E-state index is 13.1. The molecule has 0 atom stereocenters. The molecule has 1 N–H and O–H groups in total. The molecule has 0 bridgehead atoms. The fourth-order valence-electron chi connectivity index (χ4n) is 2.50. The molecule has 0 spiro atoms. The van der Waals surface area contributed by atoms with Crippen LogP contribution in [0.25, 0.3) is 0 Å². The number of anilines is 1. The lowest BCUT2D eigenvalue weighted by molar-refractivity contribution is 0.603. The third-order valence-electron chi connectivity index (χ3n) is 3.96. The number of nitrogens with zero attached hydrogens (tertiary/aromatic N) is 1. The molecule has 0 unspecified atom stereocenters. The Morgan fingerprint density at radius 2 is 1.52 bits per heavy atom. The molecule has 29 heavy (non-hydrogen) atoms. The third kappa shape index (κ3) is 5.25. The van der Waals surface area contributed by atoms with E-state index in [1.54, 1.807) is 42.5 Å². The van der Waals surface area contributed by atoms with Crippen molar-refractivity contribution >= 4 is 27.3 Å². The summed E-state index contributed by atoms with van der Waals surface area (Å²) in [5.41, 5.74) is 1.46. The van der Waals surface area contributed by atoms with Crippen molar-refractivity contribution in [2.75, 3.05) is 5.32 Å². The van der Waals surface area contributed by atoms with Crippen LogP contribution in [0.15, 0.2) is 99.8 Å². The van der Waals surface area contributed by atoms with Gasteiger partial charge in [-0.2, -0.15) is 5.26 Å². The first-order chi connectivity index (χ1) is 14.0. The molecular weight excluding hydrogens is 407 g/mol. The van der Waals surface area contributed by atoms with Gasteiger partial charge in [0, 0.05) is 11.4 Å². The van der Waals surface area contributed by atoms with Gasteiger partial charge in [0.25, 0.3) is 0 Å². The second-order valence-electron chi connectivity index (χ2n) is 5.99. The van der Waals surface area contributed by atoms with Crippen molar-refractivity contribution in [3.05, 3.63) is 106 Å². The van der Waals surface area contributed by atoms with Gasteiger partial charge in [-0.1, -0.05) is 48.5 Å². The topological polar surface area (TPSA) is 70.0 Å². The summed E-state index contributed by atoms with van der Waals surface area (Å²) >= 11 is 1.17. The van der Waals surface area contributed by atoms with Crippen molar-refractivity contribution in [1.82, 2.24) is 0 Å². The molecule has 7 heteroatoms. The van der Waals surface area contributed by atoms with E-state index in [1.165, 1.54) is 36.0 Å². The number of sulfone groups is 1. The number of para-hydroxylation sites is 1. The quantitative estimate of drug-likeness (QED) is 0.519. The van der Waals surface area contributed by atoms with Crippen LogP contribution >= 0.6 is 11.8 Å². The molecule has 3 rings (SSSR count). The SMILES string of the molecule is N#C/C(=C(/Nc1ccccc1)SCc1ccc(F)cc1)S(=O)(=O)c1ccccc1. The first kappa shape index (κ1) is 20.6. The number of nitrogens with one attached hydrogen (secondary N) is 1. The third-order valence-corrected chi connectivity index (χ3v) is 6.89. The summed E-state index contributed by atoms with van der Waals surface area (Å²) in [6.07, 6.45) is 0. The first-order valence-corrected chi connectivity index (χ1v) is 11.1. The van der Waals surface area contributed by atoms with Crippen LogP contribution in [0.1, 0.15) is 5.56 Å². The van der Waals surface area contributed by atoms with Crippen LogP contribution < -0.4 is 5.32 Å². The Labute approximate surface area is 173 Å². The van der Waals surface area contributed by atoms with E-state index >= 15 is 0 Å². The van der Waals surface area contributed by atoms with Gasteiger partial charge in [-0.3, -0.25) is 0 Å². The molecule has 146 valence electrons. The number of hydrogen-bond donors (Lipinski definition) is 1. The highest BCUT2D eigenvalue weighted by atomic mass is 32.2. The van der Waals surface area contributed by atoms with Crippen LogP contribution in [0.2, 0.25) is 0 Å². The number of thioether (sulfide) groups is 1. The normalized spacial score (nSPS) is 12.0. The van der Waals surface area contributed by atoms with Gasteiger partial charge in [0.15, 0.2) is 4.91 Å². The van der Waals surface area contributed by atoms with E-state index in [0.29, 0.717) is 11.4 Å². The fourth-order valence-corrected chi connectivity index (χ4v) is 5.04. The van der Waals surface area contributed by atoms with Crippen molar-refractivity contribution < 1.29 is 12.8 Å². The number of benzene rings is 3. The summed E-state index contributed by atoms with van der Waals surface area (Å²) in [5, 5.41) is 13.0. The van der Waals surface area contributed by atoms with Crippen LogP contribution in [-0.4, -0.2) is 8.42 Å². The van der Waals surface area contributed by atoms with Gasteiger partial charge in [-0.25, -0.2) is 12.8 Å². The predicted molar refractivity (Wildman–Crippen MR) is 114 cm³/mol. The van der Waals surface area contributed by atoms with Gasteiger partial charge in [0.2, 0.25) is 9.84 Å². The Balaban J connectivity index is 2.01. The molecule has 0 fully saturated rings. The summed E-state index contributed by atoms with van der Waals surface area (Å²) in [5.74, 6) is 0.0200. The summed E-state index contributed by atoms with van der Waals surface area (Å²) in [4.78, 5) is -0.314. The minimum Gasteiger partial charge on any atom is -0.349 e. The fraction of sp³-hybridized carbons (Fsp3) is 0.0455. The van der Waals surface area contributed by atoms with Gasteiger partial charge < -0.3 is 5.32 Å². The van der Waals surface area contributed by atoms with E-state index in [2.05, 4.69) is 5.32 Å². The van der Waals surface area contributed by atoms with Crippen molar-refractivity contribution in [2.24, 2.45) is 0 Å². The minimum absolute atomic E-state index is 0.0475. The number of nitriles is 1. The molecule has 3 aromatic carbocycles. The Morgan fingerprint density at radius 3 is 2.10 bits per heavy atom. The maximum Gasteiger partial charge on any atom is 0.219 e. The van der Waals surface area contributed by atoms with Gasteiger partial charge >= 0.3 is 0 Å². The standard InChI is InChI=1S/C22H17FN2O2S2/c23-18-13-11-17(12-14-18)16-28-22(25-19-7-3-1-4-8-19)21(15-24)29(26,27)20-9-5-2-6-10-20/h1-14,25H,16H2/b22-21+. The second-order valence-corrected chi connectivity index (χ2v) is 8.86. The highest BCUT2D eigenvalue weighted by Crippen LogP contribution is 2.31. The van der Waals surface area contributed by atoms with Crippen LogP contribution in [0.5, 0.6) is 0 Å². The molecule has 3 aromatic rings. The predicted octanol–water partition coefficient (Wildman–Crippen LogP) is 5.34.